The van der Waals surface area contributed by atoms with E-state index in [-0.39, 0.29) is 11.5 Å². The maximum absolute atomic E-state index is 10.4. The Labute approximate surface area is 128 Å². The van der Waals surface area contributed by atoms with Gasteiger partial charge in [0.2, 0.25) is 0 Å². The highest BCUT2D eigenvalue weighted by atomic mass is 16.3. The molecular weight excluding hydrogens is 258 g/mol. The lowest BCUT2D eigenvalue weighted by molar-refractivity contribution is -0.0833. The predicted octanol–water partition coefficient (Wildman–Crippen LogP) is 4.14. The van der Waals surface area contributed by atoms with Gasteiger partial charge in [0.25, 0.3) is 0 Å². The van der Waals surface area contributed by atoms with Gasteiger partial charge in [-0.3, -0.25) is 0 Å². The van der Waals surface area contributed by atoms with Crippen LogP contribution in [0.1, 0.15) is 64.7 Å². The summed E-state index contributed by atoms with van der Waals surface area (Å²) in [5.74, 6) is 4.63. The van der Waals surface area contributed by atoms with E-state index in [1.54, 1.807) is 0 Å². The molecule has 2 heteroatoms. The molecule has 4 saturated carbocycles. The fourth-order valence-electron chi connectivity index (χ4n) is 6.94. The van der Waals surface area contributed by atoms with Crippen LogP contribution >= 0.6 is 0 Å². The first kappa shape index (κ1) is 14.1. The second-order valence-electron chi connectivity index (χ2n) is 8.71. The minimum atomic E-state index is -0.0458. The third-order valence-corrected chi connectivity index (χ3v) is 8.09. The third-order valence-electron chi connectivity index (χ3n) is 8.09. The zero-order chi connectivity index (χ0) is 14.6. The molecule has 0 aromatic carbocycles. The van der Waals surface area contributed by atoms with Crippen LogP contribution in [0.15, 0.2) is 0 Å². The van der Waals surface area contributed by atoms with Crippen LogP contribution < -0.4 is 0 Å². The van der Waals surface area contributed by atoms with E-state index in [0.29, 0.717) is 5.92 Å². The molecule has 4 aliphatic carbocycles. The van der Waals surface area contributed by atoms with Gasteiger partial charge in [-0.1, -0.05) is 6.92 Å². The Hall–Kier alpha value is -0.550. The van der Waals surface area contributed by atoms with Crippen molar-refractivity contribution in [1.29, 1.82) is 5.26 Å². The average molecular weight is 287 g/mol. The fraction of sp³-hybridized carbons (Fsp3) is 0.947. The van der Waals surface area contributed by atoms with Crippen LogP contribution in [0.25, 0.3) is 0 Å². The highest BCUT2D eigenvalue weighted by Gasteiger charge is 2.56. The molecule has 0 aromatic heterocycles. The molecule has 4 rings (SSSR count). The van der Waals surface area contributed by atoms with E-state index in [1.165, 1.54) is 44.9 Å². The van der Waals surface area contributed by atoms with E-state index in [1.807, 2.05) is 0 Å². The first-order valence-corrected chi connectivity index (χ1v) is 9.21. The van der Waals surface area contributed by atoms with Crippen molar-refractivity contribution in [2.75, 3.05) is 0 Å². The van der Waals surface area contributed by atoms with Gasteiger partial charge >= 0.3 is 0 Å². The number of fused-ring (bicyclic) bond motifs is 5. The maximum Gasteiger partial charge on any atom is 0.0655 e. The molecule has 1 N–H and O–H groups in total. The molecule has 0 radical (unpaired) electrons. The van der Waals surface area contributed by atoms with Crippen LogP contribution in [0, 0.1) is 52.3 Å². The number of hydrogen-bond acceptors (Lipinski definition) is 2. The maximum atomic E-state index is 10.4. The SMILES string of the molecule is C[C@]12CC[C@H]3[C@@H](CCC4CC(C#N)CC[C@@H]43)[C@@H]1CCC2O. The Bertz CT molecular complexity index is 455. The fourth-order valence-corrected chi connectivity index (χ4v) is 6.94. The van der Waals surface area contributed by atoms with E-state index in [0.717, 1.165) is 42.4 Å². The molecule has 4 fully saturated rings. The van der Waals surface area contributed by atoms with Crippen molar-refractivity contribution in [2.24, 2.45) is 40.9 Å². The van der Waals surface area contributed by atoms with Gasteiger partial charge in [0.1, 0.15) is 0 Å². The standard InChI is InChI=1S/C19H29NO/c1-19-9-8-15-14-4-2-12(11-20)10-13(14)3-5-16(15)17(19)6-7-18(19)21/h12-18,21H,2-10H2,1H3/t12?,13?,14-,15+,16+,17-,18?,19-/m0/s1. The van der Waals surface area contributed by atoms with Crippen molar-refractivity contribution in [2.45, 2.75) is 70.8 Å². The summed E-state index contributed by atoms with van der Waals surface area (Å²) in [4.78, 5) is 0. The summed E-state index contributed by atoms with van der Waals surface area (Å²) in [6.45, 7) is 2.37. The molecule has 21 heavy (non-hydrogen) atoms. The molecule has 0 saturated heterocycles. The highest BCUT2D eigenvalue weighted by Crippen LogP contribution is 2.62. The van der Waals surface area contributed by atoms with E-state index in [2.05, 4.69) is 13.0 Å². The molecule has 0 bridgehead atoms. The Morgan fingerprint density at radius 2 is 1.76 bits per heavy atom. The van der Waals surface area contributed by atoms with Gasteiger partial charge in [0.15, 0.2) is 0 Å². The van der Waals surface area contributed by atoms with Gasteiger partial charge in [0.05, 0.1) is 12.2 Å². The first-order valence-electron chi connectivity index (χ1n) is 9.21. The summed E-state index contributed by atoms with van der Waals surface area (Å²) in [5.41, 5.74) is 0.220. The van der Waals surface area contributed by atoms with E-state index < -0.39 is 0 Å². The summed E-state index contributed by atoms with van der Waals surface area (Å²) in [7, 11) is 0. The minimum absolute atomic E-state index is 0.0458. The van der Waals surface area contributed by atoms with E-state index in [9.17, 15) is 10.4 Å². The lowest BCUT2D eigenvalue weighted by atomic mass is 9.50. The largest absolute Gasteiger partial charge is 0.393 e. The number of nitrogens with zero attached hydrogens (tertiary/aromatic N) is 1. The second kappa shape index (κ2) is 4.98. The molecule has 0 aliphatic heterocycles. The smallest absolute Gasteiger partial charge is 0.0655 e. The van der Waals surface area contributed by atoms with Crippen molar-refractivity contribution in [1.82, 2.24) is 0 Å². The first-order chi connectivity index (χ1) is 10.1. The van der Waals surface area contributed by atoms with Crippen molar-refractivity contribution in [3.05, 3.63) is 0 Å². The van der Waals surface area contributed by atoms with Crippen LogP contribution in [-0.2, 0) is 0 Å². The topological polar surface area (TPSA) is 44.0 Å². The van der Waals surface area contributed by atoms with Crippen LogP contribution in [0.4, 0.5) is 0 Å². The predicted molar refractivity (Wildman–Crippen MR) is 82.2 cm³/mol. The Kier molecular flexibility index (Phi) is 3.34. The number of rotatable bonds is 0. The number of nitriles is 1. The Morgan fingerprint density at radius 1 is 0.952 bits per heavy atom. The molecule has 116 valence electrons. The molecule has 8 atom stereocenters. The van der Waals surface area contributed by atoms with Crippen molar-refractivity contribution >= 4 is 0 Å². The third kappa shape index (κ3) is 2.00. The molecule has 0 heterocycles. The molecule has 3 unspecified atom stereocenters. The Balaban J connectivity index is 1.54. The minimum Gasteiger partial charge on any atom is -0.393 e. The highest BCUT2D eigenvalue weighted by molar-refractivity contribution is 5.06. The van der Waals surface area contributed by atoms with E-state index >= 15 is 0 Å². The molecule has 2 nitrogen and oxygen atoms in total. The lowest BCUT2D eigenvalue weighted by Gasteiger charge is -2.55. The van der Waals surface area contributed by atoms with Crippen LogP contribution in [0.5, 0.6) is 0 Å². The summed E-state index contributed by atoms with van der Waals surface area (Å²) in [6.07, 6.45) is 11.2. The molecule has 4 aliphatic rings. The number of aliphatic hydroxyl groups is 1. The molecular formula is C19H29NO. The summed E-state index contributed by atoms with van der Waals surface area (Å²) in [6, 6.07) is 2.52. The van der Waals surface area contributed by atoms with Gasteiger partial charge in [-0.05, 0) is 92.8 Å². The van der Waals surface area contributed by atoms with Crippen LogP contribution in [0.2, 0.25) is 0 Å². The van der Waals surface area contributed by atoms with Gasteiger partial charge in [0, 0.05) is 5.92 Å². The van der Waals surface area contributed by atoms with Crippen molar-refractivity contribution < 1.29 is 5.11 Å². The second-order valence-corrected chi connectivity index (χ2v) is 8.71. The molecule has 0 spiro atoms. The van der Waals surface area contributed by atoms with Gasteiger partial charge < -0.3 is 5.11 Å². The van der Waals surface area contributed by atoms with Crippen LogP contribution in [-0.4, -0.2) is 11.2 Å². The zero-order valence-corrected chi connectivity index (χ0v) is 13.3. The number of hydrogen-bond donors (Lipinski definition) is 1. The van der Waals surface area contributed by atoms with Gasteiger partial charge in [-0.25, -0.2) is 0 Å². The van der Waals surface area contributed by atoms with Gasteiger partial charge in [-0.15, -0.1) is 0 Å². The number of aliphatic hydroxyl groups excluding tert-OH is 1. The van der Waals surface area contributed by atoms with Crippen LogP contribution in [0.3, 0.4) is 0 Å². The molecule has 0 aromatic rings. The summed E-state index contributed by atoms with van der Waals surface area (Å²) < 4.78 is 0. The van der Waals surface area contributed by atoms with E-state index in [4.69, 9.17) is 0 Å². The monoisotopic (exact) mass is 287 g/mol. The van der Waals surface area contributed by atoms with Crippen molar-refractivity contribution in [3.63, 3.8) is 0 Å². The Morgan fingerprint density at radius 3 is 2.57 bits per heavy atom. The van der Waals surface area contributed by atoms with Crippen molar-refractivity contribution in [3.8, 4) is 6.07 Å². The lowest BCUT2D eigenvalue weighted by Crippen LogP contribution is -2.49. The molecule has 0 amide bonds. The normalized spacial score (nSPS) is 56.0. The summed E-state index contributed by atoms with van der Waals surface area (Å²) in [5, 5.41) is 19.7. The zero-order valence-electron chi connectivity index (χ0n) is 13.3. The van der Waals surface area contributed by atoms with Gasteiger partial charge in [-0.2, -0.15) is 5.26 Å². The summed E-state index contributed by atoms with van der Waals surface area (Å²) >= 11 is 0. The average Bonchev–Trinajstić information content (AvgIpc) is 2.82. The quantitative estimate of drug-likeness (QED) is 0.727.